The van der Waals surface area contributed by atoms with Crippen LogP contribution in [0.15, 0.2) is 24.3 Å². The van der Waals surface area contributed by atoms with Crippen molar-refractivity contribution in [3.8, 4) is 0 Å². The average Bonchev–Trinajstić information content (AvgIpc) is 3.45. The van der Waals surface area contributed by atoms with E-state index in [9.17, 15) is 4.79 Å². The van der Waals surface area contributed by atoms with E-state index in [0.717, 1.165) is 48.8 Å². The molecule has 4 aliphatic rings. The first-order valence-corrected chi connectivity index (χ1v) is 14.4. The molecule has 0 N–H and O–H groups in total. The molecule has 2 saturated carbocycles. The Morgan fingerprint density at radius 1 is 1.09 bits per heavy atom. The first-order chi connectivity index (χ1) is 17.0. The zero-order valence-electron chi connectivity index (χ0n) is 21.4. The molecule has 2 aromatic rings. The zero-order valence-corrected chi connectivity index (χ0v) is 22.3. The second-order valence-corrected chi connectivity index (χ2v) is 12.3. The van der Waals surface area contributed by atoms with Crippen LogP contribution in [0.2, 0.25) is 0 Å². The third kappa shape index (κ3) is 3.99. The van der Waals surface area contributed by atoms with Crippen molar-refractivity contribution in [1.82, 2.24) is 19.2 Å². The molecule has 188 valence electrons. The summed E-state index contributed by atoms with van der Waals surface area (Å²) in [6.45, 7) is 5.35. The normalized spacial score (nSPS) is 29.9. The lowest BCUT2D eigenvalue weighted by atomic mass is 9.67. The van der Waals surface area contributed by atoms with Crippen LogP contribution in [0.1, 0.15) is 74.2 Å². The molecule has 2 aliphatic carbocycles. The van der Waals surface area contributed by atoms with Gasteiger partial charge in [0.05, 0.1) is 0 Å². The molecule has 2 aliphatic heterocycles. The van der Waals surface area contributed by atoms with Crippen molar-refractivity contribution in [2.24, 2.45) is 11.8 Å². The van der Waals surface area contributed by atoms with Crippen molar-refractivity contribution in [2.45, 2.75) is 75.7 Å². The lowest BCUT2D eigenvalue weighted by molar-refractivity contribution is 0.0646. The Balaban J connectivity index is 1.15. The highest BCUT2D eigenvalue weighted by atomic mass is 32.1. The summed E-state index contributed by atoms with van der Waals surface area (Å²) in [6, 6.07) is 9.51. The number of fused-ring (bicyclic) bond motifs is 4. The molecule has 35 heavy (non-hydrogen) atoms. The van der Waals surface area contributed by atoms with Gasteiger partial charge in [-0.15, -0.1) is 0 Å². The quantitative estimate of drug-likeness (QED) is 0.582. The Bertz CT molecular complexity index is 1060. The fraction of sp³-hybridized carbons (Fsp3) is 0.679. The summed E-state index contributed by atoms with van der Waals surface area (Å²) in [5.41, 5.74) is 2.75. The Morgan fingerprint density at radius 2 is 1.77 bits per heavy atom. The highest BCUT2D eigenvalue weighted by Gasteiger charge is 2.48. The van der Waals surface area contributed by atoms with Gasteiger partial charge in [-0.2, -0.15) is 4.37 Å². The first-order valence-electron chi connectivity index (χ1n) is 13.6. The van der Waals surface area contributed by atoms with E-state index in [-0.39, 0.29) is 11.4 Å². The van der Waals surface area contributed by atoms with Gasteiger partial charge in [0.15, 0.2) is 0 Å². The highest BCUT2D eigenvalue weighted by Crippen LogP contribution is 2.54. The predicted molar refractivity (Wildman–Crippen MR) is 141 cm³/mol. The number of carbonyl (C=O) groups excluding carboxylic acids is 1. The van der Waals surface area contributed by atoms with Gasteiger partial charge in [-0.25, -0.2) is 9.78 Å². The molecule has 1 spiro atoms. The molecule has 3 fully saturated rings. The van der Waals surface area contributed by atoms with E-state index in [2.05, 4.69) is 40.5 Å². The predicted octanol–water partition coefficient (Wildman–Crippen LogP) is 5.30. The Labute approximate surface area is 213 Å². The molecule has 3 heterocycles. The number of hydrogen-bond acceptors (Lipinski definition) is 5. The average molecular weight is 494 g/mol. The number of urea groups is 1. The fourth-order valence-electron chi connectivity index (χ4n) is 7.76. The highest BCUT2D eigenvalue weighted by molar-refractivity contribution is 7.05. The molecule has 2 amide bonds. The summed E-state index contributed by atoms with van der Waals surface area (Å²) < 4.78 is 4.60. The summed E-state index contributed by atoms with van der Waals surface area (Å²) in [5, 5.41) is 1.32. The third-order valence-electron chi connectivity index (χ3n) is 9.62. The Hall–Kier alpha value is -1.99. The fourth-order valence-corrected chi connectivity index (χ4v) is 8.78. The maximum Gasteiger partial charge on any atom is 0.323 e. The van der Waals surface area contributed by atoms with Gasteiger partial charge in [0, 0.05) is 50.1 Å². The summed E-state index contributed by atoms with van der Waals surface area (Å²) in [7, 11) is 3.70. The van der Waals surface area contributed by atoms with Crippen LogP contribution in [0.5, 0.6) is 0 Å². The van der Waals surface area contributed by atoms with Gasteiger partial charge >= 0.3 is 6.03 Å². The summed E-state index contributed by atoms with van der Waals surface area (Å²) in [4.78, 5) is 24.3. The second kappa shape index (κ2) is 9.15. The number of aromatic nitrogens is 2. The smallest absolute Gasteiger partial charge is 0.323 e. The Kier molecular flexibility index (Phi) is 6.12. The van der Waals surface area contributed by atoms with Crippen LogP contribution >= 0.6 is 11.5 Å². The largest absolute Gasteiger partial charge is 0.330 e. The first kappa shape index (κ1) is 23.4. The summed E-state index contributed by atoms with van der Waals surface area (Å²) in [6.07, 6.45) is 9.83. The monoisotopic (exact) mass is 493 g/mol. The number of aryl methyl sites for hydroxylation is 1. The molecule has 1 aromatic carbocycles. The number of para-hydroxylation sites is 1. The van der Waals surface area contributed by atoms with Gasteiger partial charge in [-0.3, -0.25) is 4.90 Å². The van der Waals surface area contributed by atoms with Crippen LogP contribution < -0.4 is 4.90 Å². The molecule has 1 aromatic heterocycles. The van der Waals surface area contributed by atoms with Gasteiger partial charge in [0.1, 0.15) is 10.8 Å². The van der Waals surface area contributed by atoms with Crippen molar-refractivity contribution >= 4 is 23.3 Å². The van der Waals surface area contributed by atoms with Crippen LogP contribution in [-0.2, 0) is 11.8 Å². The van der Waals surface area contributed by atoms with E-state index < -0.39 is 0 Å². The number of anilines is 1. The van der Waals surface area contributed by atoms with Crippen LogP contribution in [0, 0.1) is 11.8 Å². The minimum Gasteiger partial charge on any atom is -0.330 e. The summed E-state index contributed by atoms with van der Waals surface area (Å²) >= 11 is 1.67. The Morgan fingerprint density at radius 3 is 2.43 bits per heavy atom. The molecule has 2 bridgehead atoms. The number of piperidine rings is 1. The number of hydrogen-bond donors (Lipinski definition) is 0. The van der Waals surface area contributed by atoms with Crippen LogP contribution in [0.25, 0.3) is 0 Å². The molecular formula is C28H39N5OS. The number of likely N-dealkylation sites (tertiary alicyclic amines) is 1. The van der Waals surface area contributed by atoms with E-state index in [1.165, 1.54) is 62.2 Å². The molecule has 7 heteroatoms. The van der Waals surface area contributed by atoms with Crippen molar-refractivity contribution < 1.29 is 4.79 Å². The van der Waals surface area contributed by atoms with Crippen molar-refractivity contribution in [3.63, 3.8) is 0 Å². The van der Waals surface area contributed by atoms with Crippen LogP contribution in [0.3, 0.4) is 0 Å². The SMILES string of the molecule is CCc1nsc(C2C3CCC2CC(N2CCC4(CCN(C(=O)N(C)C)c5ccccc54)CC2)C3)n1. The minimum atomic E-state index is 0.0958. The van der Waals surface area contributed by atoms with E-state index >= 15 is 0 Å². The van der Waals surface area contributed by atoms with Crippen molar-refractivity contribution in [1.29, 1.82) is 0 Å². The van der Waals surface area contributed by atoms with E-state index in [0.29, 0.717) is 5.92 Å². The van der Waals surface area contributed by atoms with Gasteiger partial charge < -0.3 is 9.80 Å². The third-order valence-corrected chi connectivity index (χ3v) is 10.5. The van der Waals surface area contributed by atoms with E-state index in [1.54, 1.807) is 16.4 Å². The molecule has 2 atom stereocenters. The number of benzene rings is 1. The zero-order chi connectivity index (χ0) is 24.2. The molecule has 6 nitrogen and oxygen atoms in total. The minimum absolute atomic E-state index is 0.0958. The number of amides is 2. The lowest BCUT2D eigenvalue weighted by Gasteiger charge is -2.50. The number of nitrogens with zero attached hydrogens (tertiary/aromatic N) is 5. The van der Waals surface area contributed by atoms with Crippen LogP contribution in [0.4, 0.5) is 10.5 Å². The molecule has 1 saturated heterocycles. The van der Waals surface area contributed by atoms with Gasteiger partial charge in [0.25, 0.3) is 0 Å². The van der Waals surface area contributed by atoms with Gasteiger partial charge in [-0.05, 0) is 93.0 Å². The second-order valence-electron chi connectivity index (χ2n) is 11.6. The maximum atomic E-state index is 12.8. The number of rotatable bonds is 3. The van der Waals surface area contributed by atoms with Gasteiger partial charge in [0.2, 0.25) is 0 Å². The van der Waals surface area contributed by atoms with E-state index in [4.69, 9.17) is 4.98 Å². The molecule has 2 unspecified atom stereocenters. The van der Waals surface area contributed by atoms with Gasteiger partial charge in [-0.1, -0.05) is 25.1 Å². The molecular weight excluding hydrogens is 454 g/mol. The van der Waals surface area contributed by atoms with E-state index in [1.807, 2.05) is 19.0 Å². The number of carbonyl (C=O) groups is 1. The van der Waals surface area contributed by atoms with Crippen molar-refractivity contribution in [2.75, 3.05) is 38.6 Å². The topological polar surface area (TPSA) is 52.6 Å². The lowest BCUT2D eigenvalue weighted by Crippen LogP contribution is -2.53. The van der Waals surface area contributed by atoms with Crippen molar-refractivity contribution in [3.05, 3.63) is 40.7 Å². The van der Waals surface area contributed by atoms with Crippen LogP contribution in [-0.4, -0.2) is 65.0 Å². The summed E-state index contributed by atoms with van der Waals surface area (Å²) in [5.74, 6) is 3.26. The standard InChI is InChI=1S/C28H39N5OS/c1-4-24-29-26(35-30-24)25-19-9-10-20(25)18-21(17-19)32-14-11-28(12-15-32)13-16-33(27(34)31(2)3)23-8-6-5-7-22(23)28/h5-8,19-21,25H,4,9-18H2,1-3H3. The molecule has 0 radical (unpaired) electrons. The molecule has 6 rings (SSSR count). The maximum absolute atomic E-state index is 12.8.